The molecule has 0 saturated heterocycles. The molecule has 0 aliphatic heterocycles. The Morgan fingerprint density at radius 3 is 2.87 bits per heavy atom. The van der Waals surface area contributed by atoms with Crippen LogP contribution in [0.25, 0.3) is 10.9 Å². The summed E-state index contributed by atoms with van der Waals surface area (Å²) in [7, 11) is 0. The molecule has 4 aromatic rings. The van der Waals surface area contributed by atoms with Crippen LogP contribution in [0.5, 0.6) is 0 Å². The molecule has 1 N–H and O–H groups in total. The van der Waals surface area contributed by atoms with E-state index in [0.29, 0.717) is 25.7 Å². The Kier molecular flexibility index (Phi) is 5.38. The predicted octanol–water partition coefficient (Wildman–Crippen LogP) is 3.41. The van der Waals surface area contributed by atoms with Crippen molar-refractivity contribution in [1.29, 1.82) is 0 Å². The minimum absolute atomic E-state index is 0.0328. The average molecular weight is 419 g/mol. The van der Waals surface area contributed by atoms with Crippen molar-refractivity contribution >= 4 is 10.9 Å². The van der Waals surface area contributed by atoms with E-state index < -0.39 is 0 Å². The predicted molar refractivity (Wildman–Crippen MR) is 116 cm³/mol. The van der Waals surface area contributed by atoms with Crippen LogP contribution in [0.4, 0.5) is 0 Å². The second kappa shape index (κ2) is 8.47. The number of aromatic nitrogens is 5. The fourth-order valence-electron chi connectivity index (χ4n) is 4.48. The Labute approximate surface area is 179 Å². The fraction of sp³-hybridized carbons (Fsp3) is 0.391. The van der Waals surface area contributed by atoms with Crippen LogP contribution in [-0.2, 0) is 19.6 Å². The highest BCUT2D eigenvalue weighted by molar-refractivity contribution is 5.79. The van der Waals surface area contributed by atoms with Crippen molar-refractivity contribution < 1.29 is 4.42 Å². The van der Waals surface area contributed by atoms with Crippen molar-refractivity contribution in [2.24, 2.45) is 0 Å². The summed E-state index contributed by atoms with van der Waals surface area (Å²) in [4.78, 5) is 18.2. The van der Waals surface area contributed by atoms with Gasteiger partial charge in [0, 0.05) is 23.7 Å². The molecule has 0 bridgehead atoms. The van der Waals surface area contributed by atoms with Crippen molar-refractivity contribution in [3.05, 3.63) is 75.7 Å². The second-order valence-electron chi connectivity index (χ2n) is 8.39. The zero-order valence-corrected chi connectivity index (χ0v) is 17.6. The Bertz CT molecular complexity index is 1220. The first-order valence-corrected chi connectivity index (χ1v) is 10.8. The van der Waals surface area contributed by atoms with Gasteiger partial charge in [0.25, 0.3) is 5.56 Å². The van der Waals surface area contributed by atoms with Crippen molar-refractivity contribution in [2.75, 3.05) is 0 Å². The first kappa shape index (κ1) is 19.7. The van der Waals surface area contributed by atoms with Gasteiger partial charge in [0.15, 0.2) is 5.82 Å². The van der Waals surface area contributed by atoms with Gasteiger partial charge in [-0.05, 0) is 65.9 Å². The van der Waals surface area contributed by atoms with E-state index in [0.717, 1.165) is 40.9 Å². The number of pyridine rings is 1. The summed E-state index contributed by atoms with van der Waals surface area (Å²) >= 11 is 0. The van der Waals surface area contributed by atoms with Crippen LogP contribution in [-0.4, -0.2) is 36.1 Å². The molecule has 1 saturated carbocycles. The van der Waals surface area contributed by atoms with E-state index in [4.69, 9.17) is 4.42 Å². The number of rotatable bonds is 7. The Morgan fingerprint density at radius 2 is 2.06 bits per heavy atom. The lowest BCUT2D eigenvalue weighted by Gasteiger charge is -2.28. The number of nitrogens with zero attached hydrogens (tertiary/aromatic N) is 5. The van der Waals surface area contributed by atoms with Gasteiger partial charge >= 0.3 is 0 Å². The highest BCUT2D eigenvalue weighted by Crippen LogP contribution is 2.26. The van der Waals surface area contributed by atoms with Crippen LogP contribution in [0.3, 0.4) is 0 Å². The minimum Gasteiger partial charge on any atom is -0.467 e. The number of hydrogen-bond donors (Lipinski definition) is 1. The Hall–Kier alpha value is -3.26. The van der Waals surface area contributed by atoms with E-state index >= 15 is 0 Å². The van der Waals surface area contributed by atoms with Crippen molar-refractivity contribution in [3.8, 4) is 0 Å². The minimum atomic E-state index is -0.0328. The molecule has 5 rings (SSSR count). The van der Waals surface area contributed by atoms with Crippen LogP contribution < -0.4 is 5.56 Å². The summed E-state index contributed by atoms with van der Waals surface area (Å²) in [6.07, 6.45) is 6.34. The van der Waals surface area contributed by atoms with Crippen molar-refractivity contribution in [3.63, 3.8) is 0 Å². The van der Waals surface area contributed by atoms with Gasteiger partial charge in [-0.2, -0.15) is 0 Å². The molecule has 1 aliphatic carbocycles. The van der Waals surface area contributed by atoms with Crippen LogP contribution in [0.2, 0.25) is 0 Å². The molecular formula is C23H26N6O2. The Balaban J connectivity index is 1.43. The molecule has 3 heterocycles. The average Bonchev–Trinajstić information content (AvgIpc) is 3.52. The molecule has 0 radical (unpaired) electrons. The number of fused-ring (bicyclic) bond motifs is 1. The summed E-state index contributed by atoms with van der Waals surface area (Å²) < 4.78 is 7.23. The number of aromatic amines is 1. The summed E-state index contributed by atoms with van der Waals surface area (Å²) in [5, 5.41) is 13.4. The van der Waals surface area contributed by atoms with Gasteiger partial charge in [0.2, 0.25) is 0 Å². The topological polar surface area (TPSA) is 92.8 Å². The van der Waals surface area contributed by atoms with E-state index in [1.165, 1.54) is 18.4 Å². The number of benzene rings is 1. The van der Waals surface area contributed by atoms with Gasteiger partial charge < -0.3 is 9.40 Å². The lowest BCUT2D eigenvalue weighted by molar-refractivity contribution is 0.172. The zero-order valence-electron chi connectivity index (χ0n) is 17.6. The van der Waals surface area contributed by atoms with Gasteiger partial charge in [-0.3, -0.25) is 9.69 Å². The number of furan rings is 1. The van der Waals surface area contributed by atoms with Gasteiger partial charge in [-0.1, -0.05) is 24.5 Å². The lowest BCUT2D eigenvalue weighted by atomic mass is 10.1. The number of H-pyrrole nitrogens is 1. The summed E-state index contributed by atoms with van der Waals surface area (Å²) in [6.45, 7) is 3.71. The number of aryl methyl sites for hydroxylation is 1. The molecule has 8 heteroatoms. The van der Waals surface area contributed by atoms with Gasteiger partial charge in [-0.15, -0.1) is 5.10 Å². The van der Waals surface area contributed by atoms with Crippen LogP contribution in [0.1, 0.15) is 48.4 Å². The molecule has 3 aromatic heterocycles. The molecule has 1 aliphatic rings. The monoisotopic (exact) mass is 418 g/mol. The third kappa shape index (κ3) is 4.29. The molecular weight excluding hydrogens is 392 g/mol. The summed E-state index contributed by atoms with van der Waals surface area (Å²) in [5.74, 6) is 1.58. The maximum Gasteiger partial charge on any atom is 0.252 e. The van der Waals surface area contributed by atoms with Gasteiger partial charge in [0.05, 0.1) is 12.8 Å². The third-order valence-electron chi connectivity index (χ3n) is 6.13. The normalized spacial score (nSPS) is 14.8. The second-order valence-corrected chi connectivity index (χ2v) is 8.39. The van der Waals surface area contributed by atoms with E-state index in [-0.39, 0.29) is 5.56 Å². The highest BCUT2D eigenvalue weighted by Gasteiger charge is 2.25. The molecule has 160 valence electrons. The summed E-state index contributed by atoms with van der Waals surface area (Å²) in [6, 6.07) is 12.3. The molecule has 0 amide bonds. The molecule has 8 nitrogen and oxygen atoms in total. The molecule has 0 unspecified atom stereocenters. The molecule has 1 fully saturated rings. The van der Waals surface area contributed by atoms with Crippen LogP contribution in [0.15, 0.2) is 51.9 Å². The number of hydrogen-bond acceptors (Lipinski definition) is 6. The van der Waals surface area contributed by atoms with E-state index in [9.17, 15) is 4.79 Å². The first-order valence-electron chi connectivity index (χ1n) is 10.8. The molecule has 1 aromatic carbocycles. The maximum atomic E-state index is 12.8. The Morgan fingerprint density at radius 1 is 1.19 bits per heavy atom. The largest absolute Gasteiger partial charge is 0.467 e. The molecule has 0 spiro atoms. The quantitative estimate of drug-likeness (QED) is 0.494. The van der Waals surface area contributed by atoms with Gasteiger partial charge in [-0.25, -0.2) is 4.68 Å². The highest BCUT2D eigenvalue weighted by atomic mass is 16.3. The third-order valence-corrected chi connectivity index (χ3v) is 6.13. The molecule has 31 heavy (non-hydrogen) atoms. The van der Waals surface area contributed by atoms with Gasteiger partial charge in [0.1, 0.15) is 12.3 Å². The number of tetrazole rings is 1. The fourth-order valence-corrected chi connectivity index (χ4v) is 4.48. The lowest BCUT2D eigenvalue weighted by Crippen LogP contribution is -2.35. The van der Waals surface area contributed by atoms with Crippen molar-refractivity contribution in [2.45, 2.75) is 58.3 Å². The van der Waals surface area contributed by atoms with E-state index in [1.54, 1.807) is 10.9 Å². The van der Waals surface area contributed by atoms with Crippen LogP contribution >= 0.6 is 0 Å². The van der Waals surface area contributed by atoms with E-state index in [1.807, 2.05) is 30.3 Å². The zero-order chi connectivity index (χ0) is 21.2. The standard InChI is InChI=1S/C23H26N6O2/c1-16-8-9-21-17(11-16)12-18(23(30)24-21)13-28(19-5-2-3-6-19)15-22-25-26-27-29(22)14-20-7-4-10-31-20/h4,7-12,19H,2-3,5-6,13-15H2,1H3,(H,24,30). The first-order chi connectivity index (χ1) is 15.2. The SMILES string of the molecule is Cc1ccc2[nH]c(=O)c(CN(Cc3nnnn3Cc3ccco3)C3CCCC3)cc2c1. The van der Waals surface area contributed by atoms with E-state index in [2.05, 4.69) is 38.4 Å². The molecule has 0 atom stereocenters. The maximum absolute atomic E-state index is 12.8. The van der Waals surface area contributed by atoms with Crippen molar-refractivity contribution in [1.82, 2.24) is 30.1 Å². The van der Waals surface area contributed by atoms with Crippen LogP contribution in [0, 0.1) is 6.92 Å². The number of nitrogens with one attached hydrogen (secondary N) is 1. The summed E-state index contributed by atoms with van der Waals surface area (Å²) in [5.41, 5.74) is 2.79. The smallest absolute Gasteiger partial charge is 0.252 e.